The van der Waals surface area contributed by atoms with Crippen LogP contribution in [-0.2, 0) is 4.79 Å². The van der Waals surface area contributed by atoms with Crippen LogP contribution in [-0.4, -0.2) is 35.0 Å². The molecule has 1 N–H and O–H groups in total. The van der Waals surface area contributed by atoms with Crippen LogP contribution in [0.15, 0.2) is 18.2 Å². The lowest BCUT2D eigenvalue weighted by Gasteiger charge is -2.23. The van der Waals surface area contributed by atoms with Gasteiger partial charge in [-0.05, 0) is 43.4 Å². The van der Waals surface area contributed by atoms with Gasteiger partial charge in [-0.2, -0.15) is 0 Å². The Balaban J connectivity index is 1.86. The molecule has 0 spiro atoms. The molecule has 2 aliphatic rings. The quantitative estimate of drug-likeness (QED) is 0.914. The van der Waals surface area contributed by atoms with Gasteiger partial charge in [-0.1, -0.05) is 24.1 Å². The Kier molecular flexibility index (Phi) is 3.44. The molecule has 0 radical (unpaired) electrons. The molecule has 1 heterocycles. The van der Waals surface area contributed by atoms with Crippen molar-refractivity contribution in [2.24, 2.45) is 11.3 Å². The molecule has 1 saturated heterocycles. The third kappa shape index (κ3) is 2.22. The minimum Gasteiger partial charge on any atom is -0.481 e. The molecular weight excluding hydrogens is 290 g/mol. The fourth-order valence-electron chi connectivity index (χ4n) is 3.76. The standard InChI is InChI=1S/C16H18ClNO3/c1-10-4-5-12(13(17)7-10)14(19)18-8-11-3-2-6-16(11,9-18)15(20)21/h4-5,7,11H,2-3,6,8-9H2,1H3,(H,20,21)/t11-,16+/m0/s1. The predicted molar refractivity (Wildman–Crippen MR) is 79.5 cm³/mol. The second kappa shape index (κ2) is 5.02. The van der Waals surface area contributed by atoms with Gasteiger partial charge < -0.3 is 10.0 Å². The maximum atomic E-state index is 12.6. The molecule has 1 saturated carbocycles. The number of carboxylic acids is 1. The van der Waals surface area contributed by atoms with E-state index in [2.05, 4.69) is 0 Å². The first kappa shape index (κ1) is 14.4. The van der Waals surface area contributed by atoms with Gasteiger partial charge in [0.1, 0.15) is 0 Å². The molecule has 2 atom stereocenters. The first-order valence-electron chi connectivity index (χ1n) is 7.23. The van der Waals surface area contributed by atoms with Crippen LogP contribution < -0.4 is 0 Å². The monoisotopic (exact) mass is 307 g/mol. The summed E-state index contributed by atoms with van der Waals surface area (Å²) in [7, 11) is 0. The van der Waals surface area contributed by atoms with Crippen LogP contribution in [0.5, 0.6) is 0 Å². The van der Waals surface area contributed by atoms with E-state index in [1.165, 1.54) is 0 Å². The number of likely N-dealkylation sites (tertiary alicyclic amines) is 1. The highest BCUT2D eigenvalue weighted by molar-refractivity contribution is 6.33. The van der Waals surface area contributed by atoms with Gasteiger partial charge in [-0.25, -0.2) is 0 Å². The number of halogens is 1. The Labute approximate surface area is 128 Å². The number of amides is 1. The Morgan fingerprint density at radius 1 is 1.43 bits per heavy atom. The molecule has 3 rings (SSSR count). The van der Waals surface area contributed by atoms with E-state index in [9.17, 15) is 14.7 Å². The second-order valence-electron chi connectivity index (χ2n) is 6.22. The number of carboxylic acid groups (broad SMARTS) is 1. The summed E-state index contributed by atoms with van der Waals surface area (Å²) in [6, 6.07) is 5.34. The topological polar surface area (TPSA) is 57.6 Å². The Bertz CT molecular complexity index is 616. The molecule has 112 valence electrons. The lowest BCUT2D eigenvalue weighted by molar-refractivity contribution is -0.149. The van der Waals surface area contributed by atoms with E-state index in [-0.39, 0.29) is 11.8 Å². The molecule has 4 nitrogen and oxygen atoms in total. The highest BCUT2D eigenvalue weighted by Gasteiger charge is 2.55. The van der Waals surface area contributed by atoms with Gasteiger partial charge >= 0.3 is 5.97 Å². The normalized spacial score (nSPS) is 27.7. The third-order valence-electron chi connectivity index (χ3n) is 4.94. The molecular formula is C16H18ClNO3. The molecule has 1 aromatic carbocycles. The number of rotatable bonds is 2. The van der Waals surface area contributed by atoms with Crippen LogP contribution in [0.3, 0.4) is 0 Å². The van der Waals surface area contributed by atoms with Crippen molar-refractivity contribution in [1.82, 2.24) is 4.90 Å². The molecule has 0 aromatic heterocycles. The first-order valence-corrected chi connectivity index (χ1v) is 7.61. The van der Waals surface area contributed by atoms with Crippen LogP contribution in [0.1, 0.15) is 35.2 Å². The molecule has 2 fully saturated rings. The zero-order valence-corrected chi connectivity index (χ0v) is 12.7. The lowest BCUT2D eigenvalue weighted by Crippen LogP contribution is -2.37. The summed E-state index contributed by atoms with van der Waals surface area (Å²) in [5.41, 5.74) is 0.715. The summed E-state index contributed by atoms with van der Waals surface area (Å²) in [5, 5.41) is 10.0. The minimum atomic E-state index is -0.768. The van der Waals surface area contributed by atoms with Gasteiger partial charge in [0.25, 0.3) is 5.91 Å². The van der Waals surface area contributed by atoms with E-state index in [4.69, 9.17) is 11.6 Å². The zero-order chi connectivity index (χ0) is 15.2. The van der Waals surface area contributed by atoms with Crippen molar-refractivity contribution in [3.8, 4) is 0 Å². The van der Waals surface area contributed by atoms with Crippen molar-refractivity contribution >= 4 is 23.5 Å². The van der Waals surface area contributed by atoms with Crippen molar-refractivity contribution in [2.75, 3.05) is 13.1 Å². The highest BCUT2D eigenvalue weighted by atomic mass is 35.5. The fraction of sp³-hybridized carbons (Fsp3) is 0.500. The molecule has 21 heavy (non-hydrogen) atoms. The van der Waals surface area contributed by atoms with Crippen molar-refractivity contribution in [2.45, 2.75) is 26.2 Å². The number of nitrogens with zero attached hydrogens (tertiary/aromatic N) is 1. The van der Waals surface area contributed by atoms with Crippen molar-refractivity contribution in [3.63, 3.8) is 0 Å². The molecule has 0 unspecified atom stereocenters. The molecule has 1 aromatic rings. The number of carbonyl (C=O) groups excluding carboxylic acids is 1. The fourth-order valence-corrected chi connectivity index (χ4v) is 4.07. The smallest absolute Gasteiger partial charge is 0.311 e. The Hall–Kier alpha value is -1.55. The van der Waals surface area contributed by atoms with Crippen LogP contribution in [0.4, 0.5) is 0 Å². The van der Waals surface area contributed by atoms with Gasteiger partial charge in [0.05, 0.1) is 16.0 Å². The van der Waals surface area contributed by atoms with Crippen molar-refractivity contribution < 1.29 is 14.7 Å². The average molecular weight is 308 g/mol. The second-order valence-corrected chi connectivity index (χ2v) is 6.63. The number of fused-ring (bicyclic) bond motifs is 1. The van der Waals surface area contributed by atoms with Crippen LogP contribution in [0.2, 0.25) is 5.02 Å². The van der Waals surface area contributed by atoms with Gasteiger partial charge in [-0.15, -0.1) is 0 Å². The number of aryl methyl sites for hydroxylation is 1. The maximum absolute atomic E-state index is 12.6. The van der Waals surface area contributed by atoms with Gasteiger partial charge in [0.15, 0.2) is 0 Å². The van der Waals surface area contributed by atoms with E-state index in [1.807, 2.05) is 13.0 Å². The molecule has 5 heteroatoms. The summed E-state index contributed by atoms with van der Waals surface area (Å²) < 4.78 is 0. The van der Waals surface area contributed by atoms with Crippen LogP contribution in [0.25, 0.3) is 0 Å². The summed E-state index contributed by atoms with van der Waals surface area (Å²) in [6.07, 6.45) is 2.49. The van der Waals surface area contributed by atoms with Crippen molar-refractivity contribution in [1.29, 1.82) is 0 Å². The minimum absolute atomic E-state index is 0.0724. The SMILES string of the molecule is Cc1ccc(C(=O)N2C[C@@H]3CCC[C@@]3(C(=O)O)C2)c(Cl)c1. The maximum Gasteiger partial charge on any atom is 0.311 e. The molecule has 0 bridgehead atoms. The number of hydrogen-bond acceptors (Lipinski definition) is 2. The summed E-state index contributed by atoms with van der Waals surface area (Å²) in [4.78, 5) is 25.9. The zero-order valence-electron chi connectivity index (χ0n) is 11.9. The Morgan fingerprint density at radius 2 is 2.19 bits per heavy atom. The molecule has 1 aliphatic heterocycles. The van der Waals surface area contributed by atoms with Gasteiger partial charge in [-0.3, -0.25) is 9.59 Å². The number of carbonyl (C=O) groups is 2. The third-order valence-corrected chi connectivity index (χ3v) is 5.25. The average Bonchev–Trinajstić information content (AvgIpc) is 2.95. The van der Waals surface area contributed by atoms with Crippen LogP contribution in [0, 0.1) is 18.3 Å². The van der Waals surface area contributed by atoms with Crippen molar-refractivity contribution in [3.05, 3.63) is 34.3 Å². The van der Waals surface area contributed by atoms with E-state index in [1.54, 1.807) is 17.0 Å². The number of benzene rings is 1. The summed E-state index contributed by atoms with van der Waals surface area (Å²) in [5.74, 6) is -0.853. The molecule has 1 aliphatic carbocycles. The Morgan fingerprint density at radius 3 is 2.81 bits per heavy atom. The highest BCUT2D eigenvalue weighted by Crippen LogP contribution is 2.49. The van der Waals surface area contributed by atoms with E-state index in [0.29, 0.717) is 30.1 Å². The summed E-state index contributed by atoms with van der Waals surface area (Å²) in [6.45, 7) is 2.74. The van der Waals surface area contributed by atoms with E-state index < -0.39 is 11.4 Å². The number of aliphatic carboxylic acids is 1. The van der Waals surface area contributed by atoms with E-state index in [0.717, 1.165) is 18.4 Å². The largest absolute Gasteiger partial charge is 0.481 e. The van der Waals surface area contributed by atoms with Crippen LogP contribution >= 0.6 is 11.6 Å². The van der Waals surface area contributed by atoms with Gasteiger partial charge in [0, 0.05) is 13.1 Å². The first-order chi connectivity index (χ1) is 9.94. The van der Waals surface area contributed by atoms with Gasteiger partial charge in [0.2, 0.25) is 0 Å². The lowest BCUT2D eigenvalue weighted by atomic mass is 9.81. The van der Waals surface area contributed by atoms with E-state index >= 15 is 0 Å². The predicted octanol–water partition coefficient (Wildman–Crippen LogP) is 2.98. The molecule has 1 amide bonds. The summed E-state index contributed by atoms with van der Waals surface area (Å²) >= 11 is 6.16. The number of hydrogen-bond donors (Lipinski definition) is 1.